The van der Waals surface area contributed by atoms with Crippen molar-refractivity contribution in [3.8, 4) is 0 Å². The summed E-state index contributed by atoms with van der Waals surface area (Å²) < 4.78 is 0. The quantitative estimate of drug-likeness (QED) is 0.582. The Morgan fingerprint density at radius 2 is 1.45 bits per heavy atom. The minimum absolute atomic E-state index is 0.214. The standard InChI is InChI=1S/C22H26/c1-5-19-11-8-9-13-20(19)12-7-6-10-18-14-16-21(17-15-18)22(2,3)4/h6-17H,5H2,1-4H3. The van der Waals surface area contributed by atoms with Crippen molar-refractivity contribution in [3.63, 3.8) is 0 Å². The molecular formula is C22H26. The van der Waals surface area contributed by atoms with Gasteiger partial charge in [0, 0.05) is 0 Å². The second-order valence-corrected chi connectivity index (χ2v) is 6.64. The molecule has 22 heavy (non-hydrogen) atoms. The fourth-order valence-corrected chi connectivity index (χ4v) is 2.44. The third kappa shape index (κ3) is 4.46. The Morgan fingerprint density at radius 3 is 2.09 bits per heavy atom. The van der Waals surface area contributed by atoms with Gasteiger partial charge >= 0.3 is 0 Å². The van der Waals surface area contributed by atoms with E-state index in [1.54, 1.807) is 0 Å². The van der Waals surface area contributed by atoms with E-state index in [1.165, 1.54) is 22.3 Å². The predicted octanol–water partition coefficient (Wildman–Crippen LogP) is 6.27. The fraction of sp³-hybridized carbons (Fsp3) is 0.273. The van der Waals surface area contributed by atoms with Crippen molar-refractivity contribution in [1.29, 1.82) is 0 Å². The van der Waals surface area contributed by atoms with Crippen molar-refractivity contribution in [3.05, 3.63) is 82.9 Å². The summed E-state index contributed by atoms with van der Waals surface area (Å²) in [6, 6.07) is 17.4. The Balaban J connectivity index is 2.05. The van der Waals surface area contributed by atoms with Gasteiger partial charge in [-0.1, -0.05) is 101 Å². The molecule has 0 saturated carbocycles. The van der Waals surface area contributed by atoms with Crippen LogP contribution in [0.1, 0.15) is 49.9 Å². The minimum Gasteiger partial charge on any atom is -0.0620 e. The molecule has 0 aliphatic carbocycles. The summed E-state index contributed by atoms with van der Waals surface area (Å²) in [5.41, 5.74) is 5.52. The van der Waals surface area contributed by atoms with Crippen molar-refractivity contribution in [2.45, 2.75) is 39.5 Å². The molecule has 0 amide bonds. The molecule has 0 bridgehead atoms. The van der Waals surface area contributed by atoms with Crippen molar-refractivity contribution in [2.75, 3.05) is 0 Å². The summed E-state index contributed by atoms with van der Waals surface area (Å²) in [5.74, 6) is 0. The van der Waals surface area contributed by atoms with Crippen LogP contribution in [-0.4, -0.2) is 0 Å². The molecule has 114 valence electrons. The van der Waals surface area contributed by atoms with Crippen molar-refractivity contribution in [2.24, 2.45) is 0 Å². The molecule has 0 aliphatic rings. The first kappa shape index (κ1) is 16.3. The Labute approximate surface area is 135 Å². The maximum absolute atomic E-state index is 2.24. The van der Waals surface area contributed by atoms with Crippen molar-refractivity contribution in [1.82, 2.24) is 0 Å². The van der Waals surface area contributed by atoms with Crippen LogP contribution in [0.4, 0.5) is 0 Å². The average Bonchev–Trinajstić information content (AvgIpc) is 2.51. The molecule has 0 fully saturated rings. The third-order valence-electron chi connectivity index (χ3n) is 3.89. The number of rotatable bonds is 4. The van der Waals surface area contributed by atoms with Crippen LogP contribution in [0, 0.1) is 0 Å². The lowest BCUT2D eigenvalue weighted by molar-refractivity contribution is 0.590. The number of aryl methyl sites for hydroxylation is 1. The first-order valence-corrected chi connectivity index (χ1v) is 8.04. The van der Waals surface area contributed by atoms with E-state index >= 15 is 0 Å². The van der Waals surface area contributed by atoms with Crippen LogP contribution >= 0.6 is 0 Å². The van der Waals surface area contributed by atoms with Gasteiger partial charge in [-0.15, -0.1) is 0 Å². The number of hydrogen-bond donors (Lipinski definition) is 0. The average molecular weight is 290 g/mol. The largest absolute Gasteiger partial charge is 0.0620 e. The molecule has 0 saturated heterocycles. The van der Waals surface area contributed by atoms with Gasteiger partial charge in [-0.05, 0) is 34.1 Å². The molecular weight excluding hydrogens is 264 g/mol. The van der Waals surface area contributed by atoms with Gasteiger partial charge < -0.3 is 0 Å². The van der Waals surface area contributed by atoms with Crippen LogP contribution in [0.3, 0.4) is 0 Å². The van der Waals surface area contributed by atoms with Crippen molar-refractivity contribution >= 4 is 12.2 Å². The van der Waals surface area contributed by atoms with Crippen LogP contribution in [-0.2, 0) is 11.8 Å². The molecule has 0 atom stereocenters. The Bertz CT molecular complexity index is 649. The highest BCUT2D eigenvalue weighted by atomic mass is 14.2. The van der Waals surface area contributed by atoms with E-state index in [9.17, 15) is 0 Å². The van der Waals surface area contributed by atoms with E-state index in [-0.39, 0.29) is 5.41 Å². The number of allylic oxidation sites excluding steroid dienone is 2. The van der Waals surface area contributed by atoms with Gasteiger partial charge in [0.2, 0.25) is 0 Å². The van der Waals surface area contributed by atoms with E-state index in [4.69, 9.17) is 0 Å². The van der Waals surface area contributed by atoms with Crippen LogP contribution in [0.5, 0.6) is 0 Å². The van der Waals surface area contributed by atoms with Crippen LogP contribution in [0.2, 0.25) is 0 Å². The summed E-state index contributed by atoms with van der Waals surface area (Å²) >= 11 is 0. The zero-order valence-corrected chi connectivity index (χ0v) is 14.1. The first-order valence-electron chi connectivity index (χ1n) is 8.04. The molecule has 2 rings (SSSR count). The fourth-order valence-electron chi connectivity index (χ4n) is 2.44. The summed E-state index contributed by atoms with van der Waals surface area (Å²) in [6.45, 7) is 8.92. The lowest BCUT2D eigenvalue weighted by Gasteiger charge is -2.18. The highest BCUT2D eigenvalue weighted by molar-refractivity contribution is 5.59. The maximum Gasteiger partial charge on any atom is -0.0132 e. The van der Waals surface area contributed by atoms with Gasteiger partial charge in [-0.2, -0.15) is 0 Å². The van der Waals surface area contributed by atoms with Gasteiger partial charge in [0.05, 0.1) is 0 Å². The second kappa shape index (κ2) is 7.26. The molecule has 0 unspecified atom stereocenters. The summed E-state index contributed by atoms with van der Waals surface area (Å²) in [7, 11) is 0. The molecule has 0 nitrogen and oxygen atoms in total. The topological polar surface area (TPSA) is 0 Å². The normalized spacial score (nSPS) is 12.4. The van der Waals surface area contributed by atoms with Gasteiger partial charge in [-0.3, -0.25) is 0 Å². The lowest BCUT2D eigenvalue weighted by atomic mass is 9.87. The monoisotopic (exact) mass is 290 g/mol. The zero-order valence-electron chi connectivity index (χ0n) is 14.1. The molecule has 0 heterocycles. The SMILES string of the molecule is CCc1ccccc1C=CC=Cc1ccc(C(C)(C)C)cc1. The van der Waals surface area contributed by atoms with Crippen LogP contribution < -0.4 is 0 Å². The minimum atomic E-state index is 0.214. The van der Waals surface area contributed by atoms with E-state index in [2.05, 4.69) is 101 Å². The van der Waals surface area contributed by atoms with E-state index in [0.29, 0.717) is 0 Å². The van der Waals surface area contributed by atoms with Crippen LogP contribution in [0.25, 0.3) is 12.2 Å². The highest BCUT2D eigenvalue weighted by Gasteiger charge is 2.12. The number of hydrogen-bond acceptors (Lipinski definition) is 0. The molecule has 0 aromatic heterocycles. The van der Waals surface area contributed by atoms with Crippen LogP contribution in [0.15, 0.2) is 60.7 Å². The molecule has 0 spiro atoms. The first-order chi connectivity index (χ1) is 10.5. The Kier molecular flexibility index (Phi) is 5.38. The van der Waals surface area contributed by atoms with Gasteiger partial charge in [0.15, 0.2) is 0 Å². The smallest absolute Gasteiger partial charge is 0.0132 e. The Hall–Kier alpha value is -2.08. The predicted molar refractivity (Wildman–Crippen MR) is 99.0 cm³/mol. The summed E-state index contributed by atoms with van der Waals surface area (Å²) in [4.78, 5) is 0. The summed E-state index contributed by atoms with van der Waals surface area (Å²) in [6.07, 6.45) is 9.62. The third-order valence-corrected chi connectivity index (χ3v) is 3.89. The number of benzene rings is 2. The van der Waals surface area contributed by atoms with Gasteiger partial charge in [0.25, 0.3) is 0 Å². The van der Waals surface area contributed by atoms with E-state index in [0.717, 1.165) is 6.42 Å². The second-order valence-electron chi connectivity index (χ2n) is 6.64. The van der Waals surface area contributed by atoms with Gasteiger partial charge in [0.1, 0.15) is 0 Å². The maximum atomic E-state index is 2.24. The van der Waals surface area contributed by atoms with Crippen molar-refractivity contribution < 1.29 is 0 Å². The molecule has 0 aliphatic heterocycles. The zero-order chi connectivity index (χ0) is 16.0. The molecule has 2 aromatic carbocycles. The molecule has 0 radical (unpaired) electrons. The Morgan fingerprint density at radius 1 is 0.818 bits per heavy atom. The highest BCUT2D eigenvalue weighted by Crippen LogP contribution is 2.22. The van der Waals surface area contributed by atoms with Gasteiger partial charge in [-0.25, -0.2) is 0 Å². The summed E-state index contributed by atoms with van der Waals surface area (Å²) in [5, 5.41) is 0. The van der Waals surface area contributed by atoms with E-state index in [1.807, 2.05) is 0 Å². The molecule has 0 heteroatoms. The van der Waals surface area contributed by atoms with E-state index < -0.39 is 0 Å². The lowest BCUT2D eigenvalue weighted by Crippen LogP contribution is -2.10. The molecule has 2 aromatic rings. The molecule has 0 N–H and O–H groups in total.